The van der Waals surface area contributed by atoms with Gasteiger partial charge in [0.25, 0.3) is 11.1 Å². The third-order valence-electron chi connectivity index (χ3n) is 8.47. The number of nitrogens with zero attached hydrogens (tertiary/aromatic N) is 2. The summed E-state index contributed by atoms with van der Waals surface area (Å²) in [5.74, 6) is 0.0278. The van der Waals surface area contributed by atoms with E-state index in [1.54, 1.807) is 22.9 Å². The molecule has 1 N–H and O–H groups in total. The van der Waals surface area contributed by atoms with E-state index in [0.717, 1.165) is 50.5 Å². The summed E-state index contributed by atoms with van der Waals surface area (Å²) >= 11 is 0. The van der Waals surface area contributed by atoms with Crippen LogP contribution in [0.4, 0.5) is 0 Å². The molecule has 0 aliphatic heterocycles. The normalized spacial score (nSPS) is 22.8. The number of carbonyl (C=O) groups is 2. The minimum atomic E-state index is -1.21. The third-order valence-corrected chi connectivity index (χ3v) is 10.2. The zero-order valence-corrected chi connectivity index (χ0v) is 26.4. The Hall–Kier alpha value is -2.94. The zero-order valence-electron chi connectivity index (χ0n) is 25.4. The van der Waals surface area contributed by atoms with E-state index in [1.165, 1.54) is 18.9 Å². The molecule has 0 spiro atoms. The van der Waals surface area contributed by atoms with Gasteiger partial charge in [0.15, 0.2) is 0 Å². The van der Waals surface area contributed by atoms with Crippen molar-refractivity contribution in [3.8, 4) is 0 Å². The number of rotatable bonds is 8. The fourth-order valence-corrected chi connectivity index (χ4v) is 6.37. The van der Waals surface area contributed by atoms with Crippen molar-refractivity contribution in [1.29, 1.82) is 0 Å². The largest absolute Gasteiger partial charge is 0.477 e. The van der Waals surface area contributed by atoms with E-state index in [4.69, 9.17) is 9.84 Å². The van der Waals surface area contributed by atoms with E-state index in [9.17, 15) is 19.2 Å². The van der Waals surface area contributed by atoms with Crippen molar-refractivity contribution >= 4 is 20.0 Å². The molecule has 0 saturated heterocycles. The van der Waals surface area contributed by atoms with Crippen LogP contribution >= 0.6 is 0 Å². The van der Waals surface area contributed by atoms with E-state index in [1.807, 2.05) is 16.8 Å². The number of aromatic carboxylic acids is 1. The van der Waals surface area contributed by atoms with E-state index in [0.29, 0.717) is 18.1 Å². The number of carboxylic acids is 1. The van der Waals surface area contributed by atoms with Crippen molar-refractivity contribution in [1.82, 2.24) is 9.13 Å². The molecule has 2 saturated carbocycles. The van der Waals surface area contributed by atoms with Gasteiger partial charge in [-0.15, -0.1) is 0 Å². The molecule has 2 aliphatic carbocycles. The molecule has 41 heavy (non-hydrogen) atoms. The first kappa shape index (κ1) is 32.6. The fourth-order valence-electron chi connectivity index (χ4n) is 5.66. The maximum Gasteiger partial charge on any atom is 0.341 e. The Balaban J connectivity index is 0.000000239. The van der Waals surface area contributed by atoms with Crippen LogP contribution in [0.5, 0.6) is 0 Å². The highest BCUT2D eigenvalue weighted by Crippen LogP contribution is 2.31. The van der Waals surface area contributed by atoms with Crippen LogP contribution < -0.4 is 11.1 Å². The quantitative estimate of drug-likeness (QED) is 0.287. The van der Waals surface area contributed by atoms with Crippen molar-refractivity contribution in [2.24, 2.45) is 11.8 Å². The lowest BCUT2D eigenvalue weighted by Gasteiger charge is -2.28. The van der Waals surface area contributed by atoms with E-state index in [-0.39, 0.29) is 41.2 Å². The molecule has 226 valence electrons. The van der Waals surface area contributed by atoms with Gasteiger partial charge in [0.2, 0.25) is 0 Å². The van der Waals surface area contributed by atoms with Crippen LogP contribution in [0.3, 0.4) is 0 Å². The fraction of sp³-hybridized carbons (Fsp3) is 0.625. The van der Waals surface area contributed by atoms with Gasteiger partial charge in [-0.25, -0.2) is 4.79 Å². The number of hydrogen-bond acceptors (Lipinski definition) is 5. The first-order chi connectivity index (χ1) is 19.4. The Morgan fingerprint density at radius 2 is 1.32 bits per heavy atom. The number of aromatic nitrogens is 2. The Kier molecular flexibility index (Phi) is 11.8. The van der Waals surface area contributed by atoms with Crippen LogP contribution in [-0.2, 0) is 16.0 Å². The monoisotopic (exact) mass is 584 g/mol. The highest BCUT2D eigenvalue weighted by Gasteiger charge is 2.23. The highest BCUT2D eigenvalue weighted by molar-refractivity contribution is 6.76. The number of hydrogen-bond donors (Lipinski definition) is 1. The summed E-state index contributed by atoms with van der Waals surface area (Å²) in [6.45, 7) is 11.7. The van der Waals surface area contributed by atoms with Crippen molar-refractivity contribution in [2.45, 2.75) is 109 Å². The molecule has 2 aromatic rings. The molecule has 0 aromatic carbocycles. The van der Waals surface area contributed by atoms with Crippen LogP contribution in [0, 0.1) is 11.8 Å². The minimum Gasteiger partial charge on any atom is -0.477 e. The van der Waals surface area contributed by atoms with Crippen LogP contribution in [0.2, 0.25) is 25.7 Å². The molecule has 0 radical (unpaired) electrons. The maximum absolute atomic E-state index is 12.7. The summed E-state index contributed by atoms with van der Waals surface area (Å²) in [4.78, 5) is 47.6. The second-order valence-corrected chi connectivity index (χ2v) is 18.8. The molecule has 2 aliphatic rings. The first-order valence-electron chi connectivity index (χ1n) is 15.2. The van der Waals surface area contributed by atoms with Crippen LogP contribution in [0.1, 0.15) is 93.2 Å². The summed E-state index contributed by atoms with van der Waals surface area (Å²) in [6, 6.07) is 8.04. The summed E-state index contributed by atoms with van der Waals surface area (Å²) < 4.78 is 8.75. The highest BCUT2D eigenvalue weighted by atomic mass is 28.3. The summed E-state index contributed by atoms with van der Waals surface area (Å²) in [5.41, 5.74) is 0.0130. The van der Waals surface area contributed by atoms with Crippen LogP contribution in [-0.4, -0.2) is 40.9 Å². The van der Waals surface area contributed by atoms with Crippen LogP contribution in [0.15, 0.2) is 46.2 Å². The zero-order chi connectivity index (χ0) is 30.2. The molecular formula is C32H48N2O6Si. The Labute approximate surface area is 244 Å². The van der Waals surface area contributed by atoms with Crippen molar-refractivity contribution in [2.75, 3.05) is 6.61 Å². The molecular weight excluding hydrogens is 536 g/mol. The number of pyridine rings is 2. The predicted octanol–water partition coefficient (Wildman–Crippen LogP) is 6.32. The average molecular weight is 585 g/mol. The SMILES string of the molecule is CC1CCC(n2cccc(C(=O)O)c2=O)CC1.CC1CCC(n2cccc(CC(=O)OCC[Si](C)(C)C)c2=O)CC1. The van der Waals surface area contributed by atoms with Gasteiger partial charge in [-0.3, -0.25) is 14.4 Å². The number of carboxylic acid groups (broad SMARTS) is 1. The predicted molar refractivity (Wildman–Crippen MR) is 165 cm³/mol. The molecule has 2 heterocycles. The lowest BCUT2D eigenvalue weighted by molar-refractivity contribution is -0.142. The van der Waals surface area contributed by atoms with E-state index in [2.05, 4.69) is 33.5 Å². The average Bonchev–Trinajstić information content (AvgIpc) is 2.91. The van der Waals surface area contributed by atoms with Gasteiger partial charge in [-0.2, -0.15) is 0 Å². The standard InChI is InChI=1S/C19H31NO3Si.C13H17NO3/c1-15-7-9-17(10-8-15)20-11-5-6-16(19(20)22)14-18(21)23-12-13-24(2,3)4;1-9-4-6-10(7-5-9)14-8-2-3-11(12(14)15)13(16)17/h5-6,11,15,17H,7-10,12-14H2,1-4H3;2-3,8-10H,4-7H2,1H3,(H,16,17). The maximum atomic E-state index is 12.7. The molecule has 9 heteroatoms. The van der Waals surface area contributed by atoms with E-state index >= 15 is 0 Å². The molecule has 0 unspecified atom stereocenters. The summed E-state index contributed by atoms with van der Waals surface area (Å²) in [7, 11) is -1.21. The van der Waals surface area contributed by atoms with Gasteiger partial charge >= 0.3 is 11.9 Å². The van der Waals surface area contributed by atoms with Crippen molar-refractivity contribution in [3.05, 3.63) is 68.5 Å². The van der Waals surface area contributed by atoms with Crippen molar-refractivity contribution < 1.29 is 19.4 Å². The molecule has 4 rings (SSSR count). The van der Waals surface area contributed by atoms with Gasteiger partial charge in [0.1, 0.15) is 5.56 Å². The van der Waals surface area contributed by atoms with Crippen molar-refractivity contribution in [3.63, 3.8) is 0 Å². The number of esters is 1. The molecule has 0 bridgehead atoms. The molecule has 8 nitrogen and oxygen atoms in total. The first-order valence-corrected chi connectivity index (χ1v) is 18.9. The molecule has 0 atom stereocenters. The topological polar surface area (TPSA) is 108 Å². The van der Waals surface area contributed by atoms with Gasteiger partial charge in [0.05, 0.1) is 13.0 Å². The summed E-state index contributed by atoms with van der Waals surface area (Å²) in [5, 5.41) is 8.92. The van der Waals surface area contributed by atoms with Crippen LogP contribution in [0.25, 0.3) is 0 Å². The molecule has 2 aromatic heterocycles. The second kappa shape index (κ2) is 14.8. The number of ether oxygens (including phenoxy) is 1. The Morgan fingerprint density at radius 1 is 0.829 bits per heavy atom. The Bertz CT molecular complexity index is 1280. The van der Waals surface area contributed by atoms with Gasteiger partial charge in [-0.1, -0.05) is 39.6 Å². The van der Waals surface area contributed by atoms with Gasteiger partial charge in [0, 0.05) is 38.1 Å². The van der Waals surface area contributed by atoms with Gasteiger partial charge in [-0.05, 0) is 87.4 Å². The molecule has 0 amide bonds. The lowest BCUT2D eigenvalue weighted by atomic mass is 9.87. The summed E-state index contributed by atoms with van der Waals surface area (Å²) in [6.07, 6.45) is 12.2. The molecule has 2 fully saturated rings. The lowest BCUT2D eigenvalue weighted by Crippen LogP contribution is -2.30. The number of carbonyl (C=O) groups excluding carboxylic acids is 1. The smallest absolute Gasteiger partial charge is 0.341 e. The Morgan fingerprint density at radius 3 is 1.80 bits per heavy atom. The third kappa shape index (κ3) is 9.83. The second-order valence-electron chi connectivity index (χ2n) is 13.2. The van der Waals surface area contributed by atoms with E-state index < -0.39 is 14.0 Å². The van der Waals surface area contributed by atoms with Gasteiger partial charge < -0.3 is 19.0 Å². The minimum absolute atomic E-state index is 0.0285.